The molecule has 2 rings (SSSR count). The van der Waals surface area contributed by atoms with Crippen molar-refractivity contribution in [3.8, 4) is 0 Å². The van der Waals surface area contributed by atoms with E-state index in [1.54, 1.807) is 12.3 Å². The van der Waals surface area contributed by atoms with Crippen LogP contribution >= 0.6 is 0 Å². The van der Waals surface area contributed by atoms with Gasteiger partial charge in [0.2, 0.25) is 0 Å². The maximum Gasteiger partial charge on any atom is 0.161 e. The standard InChI is InChI=1S/C9H7NO/c11-8-4-3-7-2-1-5-10-9(7)6-8/h1-5H,6H2. The fourth-order valence-corrected chi connectivity index (χ4v) is 1.16. The van der Waals surface area contributed by atoms with Crippen LogP contribution in [0.2, 0.25) is 0 Å². The molecule has 0 aromatic carbocycles. The molecule has 0 unspecified atom stereocenters. The lowest BCUT2D eigenvalue weighted by Gasteiger charge is -2.05. The Balaban J connectivity index is 2.54. The van der Waals surface area contributed by atoms with Crippen molar-refractivity contribution in [1.29, 1.82) is 0 Å². The SMILES string of the molecule is O=C1C=Cc2cccnc2C1. The molecule has 2 heteroatoms. The normalized spacial score (nSPS) is 14.7. The van der Waals surface area contributed by atoms with Crippen LogP contribution in [-0.2, 0) is 11.2 Å². The molecule has 0 atom stereocenters. The summed E-state index contributed by atoms with van der Waals surface area (Å²) in [7, 11) is 0. The number of hydrogen-bond donors (Lipinski definition) is 0. The summed E-state index contributed by atoms with van der Waals surface area (Å²) >= 11 is 0. The third-order valence-corrected chi connectivity index (χ3v) is 1.72. The summed E-state index contributed by atoms with van der Waals surface area (Å²) in [4.78, 5) is 15.0. The summed E-state index contributed by atoms with van der Waals surface area (Å²) in [6, 6.07) is 3.84. The number of rotatable bonds is 0. The molecule has 0 amide bonds. The van der Waals surface area contributed by atoms with Crippen molar-refractivity contribution in [3.63, 3.8) is 0 Å². The van der Waals surface area contributed by atoms with E-state index >= 15 is 0 Å². The third-order valence-electron chi connectivity index (χ3n) is 1.72. The highest BCUT2D eigenvalue weighted by molar-refractivity contribution is 5.97. The molecule has 1 heterocycles. The first-order valence-electron chi connectivity index (χ1n) is 3.51. The van der Waals surface area contributed by atoms with Crippen LogP contribution in [0.4, 0.5) is 0 Å². The molecule has 0 aliphatic heterocycles. The molecule has 0 fully saturated rings. The van der Waals surface area contributed by atoms with Crippen molar-refractivity contribution in [2.75, 3.05) is 0 Å². The summed E-state index contributed by atoms with van der Waals surface area (Å²) in [6.45, 7) is 0. The highest BCUT2D eigenvalue weighted by atomic mass is 16.1. The quantitative estimate of drug-likeness (QED) is 0.549. The van der Waals surface area contributed by atoms with E-state index in [1.165, 1.54) is 0 Å². The predicted molar refractivity (Wildman–Crippen MR) is 42.0 cm³/mol. The zero-order valence-electron chi connectivity index (χ0n) is 5.95. The maximum atomic E-state index is 10.9. The van der Waals surface area contributed by atoms with E-state index in [0.29, 0.717) is 6.42 Å². The summed E-state index contributed by atoms with van der Waals surface area (Å²) in [5.41, 5.74) is 1.95. The Hall–Kier alpha value is -1.44. The minimum absolute atomic E-state index is 0.135. The van der Waals surface area contributed by atoms with Gasteiger partial charge in [0.05, 0.1) is 12.1 Å². The van der Waals surface area contributed by atoms with E-state index < -0.39 is 0 Å². The maximum absolute atomic E-state index is 10.9. The predicted octanol–water partition coefficient (Wildman–Crippen LogP) is 1.22. The Kier molecular flexibility index (Phi) is 1.32. The number of carbonyl (C=O) groups excluding carboxylic acids is 1. The van der Waals surface area contributed by atoms with Crippen LogP contribution in [0, 0.1) is 0 Å². The van der Waals surface area contributed by atoms with Gasteiger partial charge in [0.25, 0.3) is 0 Å². The highest BCUT2D eigenvalue weighted by Crippen LogP contribution is 2.13. The van der Waals surface area contributed by atoms with E-state index in [0.717, 1.165) is 11.3 Å². The van der Waals surface area contributed by atoms with Crippen molar-refractivity contribution in [1.82, 2.24) is 4.98 Å². The zero-order chi connectivity index (χ0) is 7.68. The van der Waals surface area contributed by atoms with Gasteiger partial charge in [-0.3, -0.25) is 9.78 Å². The molecule has 0 saturated carbocycles. The number of aromatic nitrogens is 1. The van der Waals surface area contributed by atoms with Crippen molar-refractivity contribution < 1.29 is 4.79 Å². The van der Waals surface area contributed by atoms with Crippen LogP contribution < -0.4 is 0 Å². The molecular weight excluding hydrogens is 138 g/mol. The lowest BCUT2D eigenvalue weighted by atomic mass is 10.0. The van der Waals surface area contributed by atoms with Crippen molar-refractivity contribution in [3.05, 3.63) is 35.7 Å². The Bertz CT molecular complexity index is 328. The van der Waals surface area contributed by atoms with E-state index in [2.05, 4.69) is 4.98 Å². The number of hydrogen-bond acceptors (Lipinski definition) is 2. The molecule has 1 aliphatic rings. The molecular formula is C9H7NO. The number of ketones is 1. The number of allylic oxidation sites excluding steroid dienone is 1. The molecule has 1 aromatic rings. The van der Waals surface area contributed by atoms with Gasteiger partial charge in [-0.1, -0.05) is 6.07 Å². The van der Waals surface area contributed by atoms with Crippen LogP contribution in [-0.4, -0.2) is 10.8 Å². The third kappa shape index (κ3) is 1.07. The van der Waals surface area contributed by atoms with Gasteiger partial charge in [-0.2, -0.15) is 0 Å². The van der Waals surface area contributed by atoms with Gasteiger partial charge in [-0.05, 0) is 23.8 Å². The molecule has 11 heavy (non-hydrogen) atoms. The smallest absolute Gasteiger partial charge is 0.161 e. The molecule has 2 nitrogen and oxygen atoms in total. The largest absolute Gasteiger partial charge is 0.294 e. The lowest BCUT2D eigenvalue weighted by Crippen LogP contribution is -2.06. The van der Waals surface area contributed by atoms with Gasteiger partial charge in [0, 0.05) is 6.20 Å². The van der Waals surface area contributed by atoms with Crippen LogP contribution in [0.25, 0.3) is 6.08 Å². The average Bonchev–Trinajstić information content (AvgIpc) is 2.04. The van der Waals surface area contributed by atoms with Gasteiger partial charge in [-0.25, -0.2) is 0 Å². The molecule has 1 aromatic heterocycles. The van der Waals surface area contributed by atoms with Crippen LogP contribution in [0.3, 0.4) is 0 Å². The topological polar surface area (TPSA) is 30.0 Å². The van der Waals surface area contributed by atoms with Gasteiger partial charge in [-0.15, -0.1) is 0 Å². The molecule has 0 bridgehead atoms. The number of nitrogens with zero attached hydrogens (tertiary/aromatic N) is 1. The first-order chi connectivity index (χ1) is 5.36. The first-order valence-corrected chi connectivity index (χ1v) is 3.51. The Morgan fingerprint density at radius 3 is 3.18 bits per heavy atom. The Morgan fingerprint density at radius 2 is 2.27 bits per heavy atom. The summed E-state index contributed by atoms with van der Waals surface area (Å²) in [5, 5.41) is 0. The highest BCUT2D eigenvalue weighted by Gasteiger charge is 2.09. The van der Waals surface area contributed by atoms with Crippen LogP contribution in [0.5, 0.6) is 0 Å². The first kappa shape index (κ1) is 6.28. The van der Waals surface area contributed by atoms with Gasteiger partial charge in [0.15, 0.2) is 5.78 Å². The second-order valence-electron chi connectivity index (χ2n) is 2.52. The fourth-order valence-electron chi connectivity index (χ4n) is 1.16. The minimum atomic E-state index is 0.135. The summed E-state index contributed by atoms with van der Waals surface area (Å²) < 4.78 is 0. The monoisotopic (exact) mass is 145 g/mol. The molecule has 0 N–H and O–H groups in total. The van der Waals surface area contributed by atoms with Crippen LogP contribution in [0.1, 0.15) is 11.3 Å². The molecule has 0 spiro atoms. The second kappa shape index (κ2) is 2.31. The van der Waals surface area contributed by atoms with E-state index in [9.17, 15) is 4.79 Å². The minimum Gasteiger partial charge on any atom is -0.294 e. The van der Waals surface area contributed by atoms with Crippen molar-refractivity contribution >= 4 is 11.9 Å². The fraction of sp³-hybridized carbons (Fsp3) is 0.111. The number of fused-ring (bicyclic) bond motifs is 1. The lowest BCUT2D eigenvalue weighted by molar-refractivity contribution is -0.114. The Morgan fingerprint density at radius 1 is 1.36 bits per heavy atom. The van der Waals surface area contributed by atoms with E-state index in [1.807, 2.05) is 18.2 Å². The second-order valence-corrected chi connectivity index (χ2v) is 2.52. The molecule has 0 radical (unpaired) electrons. The van der Waals surface area contributed by atoms with Crippen LogP contribution in [0.15, 0.2) is 24.4 Å². The number of carbonyl (C=O) groups is 1. The molecule has 54 valence electrons. The van der Waals surface area contributed by atoms with Crippen molar-refractivity contribution in [2.45, 2.75) is 6.42 Å². The van der Waals surface area contributed by atoms with E-state index in [-0.39, 0.29) is 5.78 Å². The Labute approximate surface area is 64.6 Å². The summed E-state index contributed by atoms with van der Waals surface area (Å²) in [5.74, 6) is 0.135. The molecule has 0 saturated heterocycles. The average molecular weight is 145 g/mol. The zero-order valence-corrected chi connectivity index (χ0v) is 5.95. The van der Waals surface area contributed by atoms with Gasteiger partial charge < -0.3 is 0 Å². The number of pyridine rings is 1. The van der Waals surface area contributed by atoms with E-state index in [4.69, 9.17) is 0 Å². The molecule has 1 aliphatic carbocycles. The van der Waals surface area contributed by atoms with Gasteiger partial charge in [0.1, 0.15) is 0 Å². The van der Waals surface area contributed by atoms with Crippen molar-refractivity contribution in [2.24, 2.45) is 0 Å². The van der Waals surface area contributed by atoms with Gasteiger partial charge >= 0.3 is 0 Å². The summed E-state index contributed by atoms with van der Waals surface area (Å²) in [6.07, 6.45) is 5.58.